The molecule has 0 radical (unpaired) electrons. The van der Waals surface area contributed by atoms with E-state index in [1.54, 1.807) is 24.3 Å². The first-order chi connectivity index (χ1) is 13.8. The van der Waals surface area contributed by atoms with E-state index < -0.39 is 23.8 Å². The molecule has 0 bridgehead atoms. The molecule has 0 spiro atoms. The van der Waals surface area contributed by atoms with Crippen LogP contribution in [0.25, 0.3) is 6.08 Å². The highest BCUT2D eigenvalue weighted by atomic mass is 16.6. The lowest BCUT2D eigenvalue weighted by atomic mass is 10.1. The zero-order valence-corrected chi connectivity index (χ0v) is 16.1. The summed E-state index contributed by atoms with van der Waals surface area (Å²) >= 11 is 0. The molecule has 0 aromatic heterocycles. The van der Waals surface area contributed by atoms with Crippen LogP contribution in [0, 0.1) is 0 Å². The molecular formula is C21H19NO7. The molecule has 0 heterocycles. The summed E-state index contributed by atoms with van der Waals surface area (Å²) in [7, 11) is 1.25. The quantitative estimate of drug-likeness (QED) is 0.453. The average molecular weight is 397 g/mol. The zero-order chi connectivity index (χ0) is 21.4. The molecule has 0 unspecified atom stereocenters. The minimum absolute atomic E-state index is 0.0475. The molecule has 0 saturated carbocycles. The third-order valence-corrected chi connectivity index (χ3v) is 3.49. The van der Waals surface area contributed by atoms with Gasteiger partial charge in [0.1, 0.15) is 0 Å². The molecule has 8 nitrogen and oxygen atoms in total. The van der Waals surface area contributed by atoms with Crippen LogP contribution in [0.1, 0.15) is 29.8 Å². The third-order valence-electron chi connectivity index (χ3n) is 3.49. The fraction of sp³-hybridized carbons (Fsp3) is 0.143. The van der Waals surface area contributed by atoms with Crippen molar-refractivity contribution in [1.29, 1.82) is 0 Å². The van der Waals surface area contributed by atoms with Crippen molar-refractivity contribution in [2.45, 2.75) is 13.8 Å². The first kappa shape index (κ1) is 21.4. The Hall–Kier alpha value is -3.94. The van der Waals surface area contributed by atoms with E-state index >= 15 is 0 Å². The summed E-state index contributed by atoms with van der Waals surface area (Å²) in [5.74, 6) is -2.08. The van der Waals surface area contributed by atoms with Gasteiger partial charge < -0.3 is 19.5 Å². The lowest BCUT2D eigenvalue weighted by molar-refractivity contribution is -0.134. The summed E-state index contributed by atoms with van der Waals surface area (Å²) in [6.07, 6.45) is 2.72. The predicted octanol–water partition coefficient (Wildman–Crippen LogP) is 2.98. The molecule has 150 valence electrons. The van der Waals surface area contributed by atoms with Gasteiger partial charge in [0, 0.05) is 19.9 Å². The van der Waals surface area contributed by atoms with E-state index in [1.165, 1.54) is 51.3 Å². The van der Waals surface area contributed by atoms with Crippen molar-refractivity contribution in [3.05, 3.63) is 59.7 Å². The predicted molar refractivity (Wildman–Crippen MR) is 105 cm³/mol. The molecule has 1 amide bonds. The Morgan fingerprint density at radius 2 is 1.55 bits per heavy atom. The number of carbonyl (C=O) groups is 4. The molecule has 0 aliphatic heterocycles. The molecule has 0 saturated heterocycles. The topological polar surface area (TPSA) is 108 Å². The van der Waals surface area contributed by atoms with E-state index in [4.69, 9.17) is 9.47 Å². The standard InChI is InChI=1S/C21H19NO7/c1-13(23)28-18-10-8-15(12-19(18)29-14(2)24)9-11-20(25)22-17-7-5-4-6-16(17)21(26)27-3/h4-12H,1-3H3,(H,22,25)/b11-9+. The van der Waals surface area contributed by atoms with Crippen molar-refractivity contribution in [3.8, 4) is 11.5 Å². The van der Waals surface area contributed by atoms with E-state index in [0.717, 1.165) is 0 Å². The van der Waals surface area contributed by atoms with Gasteiger partial charge in [0.05, 0.1) is 18.4 Å². The Kier molecular flexibility index (Phi) is 7.25. The fourth-order valence-electron chi connectivity index (χ4n) is 2.33. The summed E-state index contributed by atoms with van der Waals surface area (Å²) in [4.78, 5) is 46.4. The van der Waals surface area contributed by atoms with Gasteiger partial charge in [-0.05, 0) is 35.9 Å². The number of benzene rings is 2. The van der Waals surface area contributed by atoms with Crippen LogP contribution < -0.4 is 14.8 Å². The number of para-hydroxylation sites is 1. The highest BCUT2D eigenvalue weighted by Gasteiger charge is 2.13. The molecule has 0 aliphatic rings. The normalized spacial score (nSPS) is 10.3. The van der Waals surface area contributed by atoms with Crippen LogP contribution in [-0.4, -0.2) is 30.9 Å². The molecule has 0 fully saturated rings. The van der Waals surface area contributed by atoms with Crippen LogP contribution in [-0.2, 0) is 19.1 Å². The summed E-state index contributed by atoms with van der Waals surface area (Å²) in [6.45, 7) is 2.44. The first-order valence-corrected chi connectivity index (χ1v) is 8.47. The van der Waals surface area contributed by atoms with Gasteiger partial charge >= 0.3 is 17.9 Å². The Labute approximate surface area is 167 Å². The number of carbonyl (C=O) groups excluding carboxylic acids is 4. The van der Waals surface area contributed by atoms with Gasteiger partial charge in [-0.25, -0.2) is 4.79 Å². The van der Waals surface area contributed by atoms with Crippen LogP contribution in [0.5, 0.6) is 11.5 Å². The second-order valence-electron chi connectivity index (χ2n) is 5.75. The molecule has 0 atom stereocenters. The van der Waals surface area contributed by atoms with Crippen molar-refractivity contribution < 1.29 is 33.4 Å². The number of hydrogen-bond acceptors (Lipinski definition) is 7. The maximum absolute atomic E-state index is 12.2. The highest BCUT2D eigenvalue weighted by molar-refractivity contribution is 6.06. The lowest BCUT2D eigenvalue weighted by Gasteiger charge is -2.09. The average Bonchev–Trinajstić information content (AvgIpc) is 2.67. The van der Waals surface area contributed by atoms with Gasteiger partial charge in [0.15, 0.2) is 11.5 Å². The number of hydrogen-bond donors (Lipinski definition) is 1. The monoisotopic (exact) mass is 397 g/mol. The van der Waals surface area contributed by atoms with Crippen molar-refractivity contribution in [2.24, 2.45) is 0 Å². The maximum Gasteiger partial charge on any atom is 0.339 e. The SMILES string of the molecule is COC(=O)c1ccccc1NC(=O)/C=C/c1ccc(OC(C)=O)c(OC(C)=O)c1. The van der Waals surface area contributed by atoms with Gasteiger partial charge in [-0.1, -0.05) is 18.2 Å². The molecule has 1 N–H and O–H groups in total. The zero-order valence-electron chi connectivity index (χ0n) is 16.1. The van der Waals surface area contributed by atoms with Crippen molar-refractivity contribution in [3.63, 3.8) is 0 Å². The summed E-state index contributed by atoms with van der Waals surface area (Å²) in [5.41, 5.74) is 1.05. The number of amides is 1. The summed E-state index contributed by atoms with van der Waals surface area (Å²) in [6, 6.07) is 10.9. The highest BCUT2D eigenvalue weighted by Crippen LogP contribution is 2.29. The van der Waals surface area contributed by atoms with Gasteiger partial charge in [-0.3, -0.25) is 14.4 Å². The van der Waals surface area contributed by atoms with E-state index in [1.807, 2.05) is 0 Å². The number of ether oxygens (including phenoxy) is 3. The van der Waals surface area contributed by atoms with Gasteiger partial charge in [0.25, 0.3) is 0 Å². The number of esters is 3. The number of anilines is 1. The Morgan fingerprint density at radius 3 is 2.21 bits per heavy atom. The largest absolute Gasteiger partial charge is 0.465 e. The molecule has 2 rings (SSSR count). The molecule has 0 aliphatic carbocycles. The van der Waals surface area contributed by atoms with Crippen molar-refractivity contribution in [1.82, 2.24) is 0 Å². The Balaban J connectivity index is 2.19. The Bertz CT molecular complexity index is 979. The van der Waals surface area contributed by atoms with Gasteiger partial charge in [0.2, 0.25) is 5.91 Å². The summed E-state index contributed by atoms with van der Waals surface area (Å²) in [5, 5.41) is 2.60. The number of nitrogens with one attached hydrogen (secondary N) is 1. The minimum Gasteiger partial charge on any atom is -0.465 e. The van der Waals surface area contributed by atoms with Crippen LogP contribution >= 0.6 is 0 Å². The number of rotatable bonds is 6. The van der Waals surface area contributed by atoms with Crippen LogP contribution in [0.3, 0.4) is 0 Å². The third kappa shape index (κ3) is 6.31. The molecule has 8 heteroatoms. The van der Waals surface area contributed by atoms with E-state index in [0.29, 0.717) is 11.3 Å². The van der Waals surface area contributed by atoms with Crippen LogP contribution in [0.15, 0.2) is 48.5 Å². The second kappa shape index (κ2) is 9.84. The van der Waals surface area contributed by atoms with Crippen LogP contribution in [0.2, 0.25) is 0 Å². The second-order valence-corrected chi connectivity index (χ2v) is 5.75. The van der Waals surface area contributed by atoms with E-state index in [2.05, 4.69) is 10.1 Å². The van der Waals surface area contributed by atoms with Crippen LogP contribution in [0.4, 0.5) is 5.69 Å². The maximum atomic E-state index is 12.2. The smallest absolute Gasteiger partial charge is 0.339 e. The van der Waals surface area contributed by atoms with E-state index in [9.17, 15) is 19.2 Å². The van der Waals surface area contributed by atoms with Crippen molar-refractivity contribution >= 4 is 35.6 Å². The molecule has 29 heavy (non-hydrogen) atoms. The van der Waals surface area contributed by atoms with Crippen molar-refractivity contribution in [2.75, 3.05) is 12.4 Å². The molecular weight excluding hydrogens is 378 g/mol. The number of methoxy groups -OCH3 is 1. The van der Waals surface area contributed by atoms with E-state index in [-0.39, 0.29) is 17.1 Å². The van der Waals surface area contributed by atoms with Gasteiger partial charge in [-0.2, -0.15) is 0 Å². The first-order valence-electron chi connectivity index (χ1n) is 8.47. The molecule has 2 aromatic rings. The minimum atomic E-state index is -0.586. The summed E-state index contributed by atoms with van der Waals surface area (Å²) < 4.78 is 14.7. The fourth-order valence-corrected chi connectivity index (χ4v) is 2.33. The Morgan fingerprint density at radius 1 is 0.897 bits per heavy atom. The lowest BCUT2D eigenvalue weighted by Crippen LogP contribution is -2.12. The molecule has 2 aromatic carbocycles. The van der Waals surface area contributed by atoms with Gasteiger partial charge in [-0.15, -0.1) is 0 Å².